The molecule has 0 unspecified atom stereocenters. The monoisotopic (exact) mass is 1310 g/mol. The molecule has 0 saturated heterocycles. The molecule has 0 radical (unpaired) electrons. The maximum Gasteiger partial charge on any atom is -0.0134 e. The molecule has 0 bridgehead atoms. The molecule has 0 spiro atoms. The van der Waals surface area contributed by atoms with Gasteiger partial charge in [-0.25, -0.2) is 0 Å². The van der Waals surface area contributed by atoms with Gasteiger partial charge in [0.15, 0.2) is 0 Å². The van der Waals surface area contributed by atoms with E-state index in [0.29, 0.717) is 0 Å². The van der Waals surface area contributed by atoms with E-state index in [0.717, 1.165) is 0 Å². The molecule has 0 heterocycles. The van der Waals surface area contributed by atoms with Gasteiger partial charge in [0, 0.05) is 0 Å². The minimum absolute atomic E-state index is 0.446. The topological polar surface area (TPSA) is 0 Å². The Kier molecular flexibility index (Phi) is 26.3. The Bertz CT molecular complexity index is 3310. The maximum atomic E-state index is 2.23. The summed E-state index contributed by atoms with van der Waals surface area (Å²) in [5.41, 5.74) is 0. The highest BCUT2D eigenvalue weighted by Crippen LogP contribution is 2.36. The summed E-state index contributed by atoms with van der Waals surface area (Å²) in [5.74, 6) is 0. The van der Waals surface area contributed by atoms with E-state index in [4.69, 9.17) is 0 Å². The van der Waals surface area contributed by atoms with Crippen LogP contribution >= 0.6 is 39.6 Å². The summed E-state index contributed by atoms with van der Waals surface area (Å²) < 4.78 is 0. The van der Waals surface area contributed by atoms with Crippen molar-refractivity contribution in [2.75, 3.05) is 0 Å². The first-order valence-electron chi connectivity index (χ1n) is 32.0. The van der Waals surface area contributed by atoms with Crippen molar-refractivity contribution in [2.24, 2.45) is 0 Å². The second-order valence-corrected chi connectivity index (χ2v) is 32.8. The van der Waals surface area contributed by atoms with E-state index >= 15 is 0 Å². The first kappa shape index (κ1) is 66.9. The maximum absolute atomic E-state index is 2.23. The van der Waals surface area contributed by atoms with E-state index in [-0.39, 0.29) is 0 Å². The molecule has 15 aromatic carbocycles. The van der Waals surface area contributed by atoms with Gasteiger partial charge in [-0.3, -0.25) is 0 Å². The molecule has 0 atom stereocenters. The van der Waals surface area contributed by atoms with Crippen LogP contribution in [-0.4, -0.2) is 0 Å². The summed E-state index contributed by atoms with van der Waals surface area (Å²) in [7, 11) is -2.23. The first-order chi connectivity index (χ1) is 47.2. The van der Waals surface area contributed by atoms with Crippen LogP contribution in [0, 0.1) is 0 Å². The summed E-state index contributed by atoms with van der Waals surface area (Å²) in [4.78, 5) is 0. The summed E-state index contributed by atoms with van der Waals surface area (Å²) >= 11 is 0. The highest BCUT2D eigenvalue weighted by molar-refractivity contribution is 7.81. The summed E-state index contributed by atoms with van der Waals surface area (Å²) in [6, 6.07) is 162. The predicted octanol–water partition coefficient (Wildman–Crippen LogP) is 17.2. The Morgan fingerprint density at radius 2 is 0.126 bits per heavy atom. The van der Waals surface area contributed by atoms with Gasteiger partial charge in [0.1, 0.15) is 0 Å². The van der Waals surface area contributed by atoms with Gasteiger partial charge >= 0.3 is 0 Å². The van der Waals surface area contributed by atoms with E-state index in [1.54, 1.807) is 0 Å². The lowest BCUT2D eigenvalue weighted by Gasteiger charge is -2.18. The van der Waals surface area contributed by atoms with Gasteiger partial charge in [-0.05, 0) is 119 Å². The van der Waals surface area contributed by atoms with Crippen LogP contribution in [0.2, 0.25) is 0 Å². The lowest BCUT2D eigenvalue weighted by molar-refractivity contribution is 1.74. The molecule has 95 heavy (non-hydrogen) atoms. The van der Waals surface area contributed by atoms with Gasteiger partial charge in [0.05, 0.1) is 0 Å². The second-order valence-electron chi connectivity index (χ2n) is 21.7. The molecule has 0 amide bonds. The zero-order chi connectivity index (χ0) is 64.6. The van der Waals surface area contributed by atoms with Crippen LogP contribution in [-0.2, 0) is 0 Å². The number of benzene rings is 15. The van der Waals surface area contributed by atoms with Crippen molar-refractivity contribution in [3.05, 3.63) is 455 Å². The molecule has 0 nitrogen and oxygen atoms in total. The van der Waals surface area contributed by atoms with Gasteiger partial charge in [-0.15, -0.1) is 0 Å². The molecule has 5 heteroatoms. The van der Waals surface area contributed by atoms with Crippen molar-refractivity contribution >= 4 is 119 Å². The number of hydrogen-bond donors (Lipinski definition) is 0. The van der Waals surface area contributed by atoms with Gasteiger partial charge in [0.2, 0.25) is 0 Å². The SMILES string of the molecule is c1ccc(P(c2ccccc2)c2ccccc2)cc1.c1ccc(P(c2ccccc2)c2ccccc2)cc1.c1ccc(P(c2ccccc2)c2ccccc2)cc1.c1ccc(P(c2ccccc2)c2ccccc2)cc1.c1ccc(P(c2ccccc2)c2ccccc2)cc1. The second kappa shape index (κ2) is 37.4. The Morgan fingerprint density at radius 1 is 0.0737 bits per heavy atom. The van der Waals surface area contributed by atoms with E-state index in [2.05, 4.69) is 455 Å². The number of rotatable bonds is 15. The Morgan fingerprint density at radius 3 is 0.179 bits per heavy atom. The Balaban J connectivity index is 0.000000121. The fourth-order valence-corrected chi connectivity index (χ4v) is 22.4. The van der Waals surface area contributed by atoms with Crippen LogP contribution in [0.1, 0.15) is 0 Å². The van der Waals surface area contributed by atoms with Crippen molar-refractivity contribution in [3.8, 4) is 0 Å². The van der Waals surface area contributed by atoms with Crippen molar-refractivity contribution in [2.45, 2.75) is 0 Å². The predicted molar refractivity (Wildman–Crippen MR) is 426 cm³/mol. The van der Waals surface area contributed by atoms with Crippen molar-refractivity contribution in [3.63, 3.8) is 0 Å². The third kappa shape index (κ3) is 19.8. The molecule has 15 rings (SSSR count). The average molecular weight is 1310 g/mol. The van der Waals surface area contributed by atoms with E-state index in [1.165, 1.54) is 79.6 Å². The lowest BCUT2D eigenvalue weighted by atomic mass is 10.4. The van der Waals surface area contributed by atoms with Crippen molar-refractivity contribution in [1.29, 1.82) is 0 Å². The quantitative estimate of drug-likeness (QED) is 0.0898. The van der Waals surface area contributed by atoms with Crippen LogP contribution in [0.3, 0.4) is 0 Å². The molecule has 0 aromatic heterocycles. The van der Waals surface area contributed by atoms with Crippen LogP contribution in [0.25, 0.3) is 0 Å². The van der Waals surface area contributed by atoms with Gasteiger partial charge < -0.3 is 0 Å². The van der Waals surface area contributed by atoms with Crippen LogP contribution in [0.5, 0.6) is 0 Å². The normalized spacial score (nSPS) is 10.6. The van der Waals surface area contributed by atoms with E-state index in [9.17, 15) is 0 Å². The minimum Gasteiger partial charge on any atom is -0.0622 e. The molecular formula is C90H75P5. The summed E-state index contributed by atoms with van der Waals surface area (Å²) in [6.45, 7) is 0. The van der Waals surface area contributed by atoms with Crippen molar-refractivity contribution in [1.82, 2.24) is 0 Å². The average Bonchev–Trinajstić information content (AvgIpc) is 1.19. The minimum atomic E-state index is -0.446. The highest BCUT2D eigenvalue weighted by atomic mass is 31.1. The van der Waals surface area contributed by atoms with Crippen LogP contribution in [0.15, 0.2) is 455 Å². The Hall–Kier alpha value is -9.55. The zero-order valence-electron chi connectivity index (χ0n) is 53.0. The fourth-order valence-electron chi connectivity index (χ4n) is 10.9. The molecule has 0 aliphatic heterocycles. The molecule has 0 aliphatic rings. The summed E-state index contributed by atoms with van der Waals surface area (Å²) in [5, 5.41) is 21.0. The standard InChI is InChI=1S/5C18H15P/c5*1-4-10-16(11-5-1)19(17-12-6-2-7-13-17)18-14-8-3-9-15-18/h5*1-15H. The molecule has 0 N–H and O–H groups in total. The zero-order valence-corrected chi connectivity index (χ0v) is 57.5. The molecule has 0 saturated carbocycles. The smallest absolute Gasteiger partial charge is 0.0134 e. The molecule has 460 valence electrons. The lowest BCUT2D eigenvalue weighted by Crippen LogP contribution is -2.20. The highest BCUT2D eigenvalue weighted by Gasteiger charge is 2.20. The first-order valence-corrected chi connectivity index (χ1v) is 38.7. The van der Waals surface area contributed by atoms with Gasteiger partial charge in [-0.2, -0.15) is 0 Å². The molecule has 15 aromatic rings. The largest absolute Gasteiger partial charge is 0.0622 e. The molecule has 0 aliphatic carbocycles. The molecular weight excluding hydrogens is 1240 g/mol. The molecule has 0 fully saturated rings. The van der Waals surface area contributed by atoms with Crippen molar-refractivity contribution < 1.29 is 0 Å². The number of hydrogen-bond acceptors (Lipinski definition) is 0. The Labute approximate surface area is 570 Å². The third-order valence-electron chi connectivity index (χ3n) is 15.2. The van der Waals surface area contributed by atoms with Gasteiger partial charge in [0.25, 0.3) is 0 Å². The van der Waals surface area contributed by atoms with Crippen LogP contribution in [0.4, 0.5) is 0 Å². The summed E-state index contributed by atoms with van der Waals surface area (Å²) in [6.07, 6.45) is 0. The van der Waals surface area contributed by atoms with Gasteiger partial charge in [-0.1, -0.05) is 455 Å². The van der Waals surface area contributed by atoms with Crippen LogP contribution < -0.4 is 79.6 Å². The fraction of sp³-hybridized carbons (Fsp3) is 0. The van der Waals surface area contributed by atoms with E-state index in [1.807, 2.05) is 0 Å². The third-order valence-corrected chi connectivity index (χ3v) is 27.4. The van der Waals surface area contributed by atoms with E-state index < -0.39 is 39.6 Å².